The molecule has 0 radical (unpaired) electrons. The molecule has 46 heavy (non-hydrogen) atoms. The molecule has 1 aliphatic rings. The minimum absolute atomic E-state index is 0.0297. The van der Waals surface area contributed by atoms with E-state index in [1.165, 1.54) is 18.0 Å². The number of pyridine rings is 1. The Balaban J connectivity index is 1.29. The first-order valence-corrected chi connectivity index (χ1v) is 16.4. The Hall–Kier alpha value is -4.22. The van der Waals surface area contributed by atoms with Crippen molar-refractivity contribution < 1.29 is 34.0 Å². The van der Waals surface area contributed by atoms with Gasteiger partial charge in [0.15, 0.2) is 12.5 Å². The van der Waals surface area contributed by atoms with Gasteiger partial charge in [-0.3, -0.25) is 9.59 Å². The van der Waals surface area contributed by atoms with Crippen LogP contribution in [-0.2, 0) is 32.2 Å². The molecule has 4 aromatic rings. The summed E-state index contributed by atoms with van der Waals surface area (Å²) in [6.07, 6.45) is 2.41. The number of unbranched alkanes of at least 4 members (excludes halogenated alkanes) is 1. The molecule has 1 amide bonds. The Bertz CT molecular complexity index is 1610. The van der Waals surface area contributed by atoms with Crippen LogP contribution in [0.25, 0.3) is 11.1 Å². The Morgan fingerprint density at radius 3 is 2.39 bits per heavy atom. The molecule has 5 rings (SSSR count). The van der Waals surface area contributed by atoms with Crippen LogP contribution in [0.5, 0.6) is 0 Å². The molecule has 3 N–H and O–H groups in total. The number of carboxylic acids is 1. The van der Waals surface area contributed by atoms with Gasteiger partial charge >= 0.3 is 5.97 Å². The normalized spacial score (nSPS) is 17.8. The van der Waals surface area contributed by atoms with Crippen molar-refractivity contribution in [1.29, 1.82) is 0 Å². The van der Waals surface area contributed by atoms with Crippen LogP contribution in [0.1, 0.15) is 66.8 Å². The van der Waals surface area contributed by atoms with Gasteiger partial charge in [-0.2, -0.15) is 4.73 Å². The number of aliphatic carboxylic acids is 1. The number of hydrogen-bond acceptors (Lipinski definition) is 7. The largest absolute Gasteiger partial charge is 0.618 e. The van der Waals surface area contributed by atoms with Crippen molar-refractivity contribution in [2.24, 2.45) is 0 Å². The molecule has 0 bridgehead atoms. The van der Waals surface area contributed by atoms with Crippen molar-refractivity contribution in [3.8, 4) is 11.1 Å². The lowest BCUT2D eigenvalue weighted by Gasteiger charge is -2.36. The van der Waals surface area contributed by atoms with Crippen LogP contribution in [0.15, 0.2) is 102 Å². The number of ether oxygens (including phenoxy) is 2. The van der Waals surface area contributed by atoms with Gasteiger partial charge < -0.3 is 30.2 Å². The van der Waals surface area contributed by atoms with Gasteiger partial charge in [-0.1, -0.05) is 72.4 Å². The summed E-state index contributed by atoms with van der Waals surface area (Å²) in [6, 6.07) is 29.1. The Morgan fingerprint density at radius 1 is 0.870 bits per heavy atom. The average Bonchev–Trinajstić information content (AvgIpc) is 3.09. The molecule has 10 heteroatoms. The van der Waals surface area contributed by atoms with Crippen molar-refractivity contribution in [3.05, 3.63) is 125 Å². The van der Waals surface area contributed by atoms with E-state index in [9.17, 15) is 19.9 Å². The fraction of sp³-hybridized carbons (Fsp3) is 0.306. The monoisotopic (exact) mass is 642 g/mol. The lowest BCUT2D eigenvalue weighted by molar-refractivity contribution is -0.645. The summed E-state index contributed by atoms with van der Waals surface area (Å²) in [6.45, 7) is 0.346. The number of benzene rings is 3. The molecule has 3 aromatic carbocycles. The third-order valence-electron chi connectivity index (χ3n) is 7.77. The topological polar surface area (TPSA) is 132 Å². The van der Waals surface area contributed by atoms with Crippen LogP contribution in [0.3, 0.4) is 0 Å². The van der Waals surface area contributed by atoms with Gasteiger partial charge in [0.25, 0.3) is 5.03 Å². The third kappa shape index (κ3) is 9.40. The lowest BCUT2D eigenvalue weighted by Crippen LogP contribution is -2.32. The van der Waals surface area contributed by atoms with Crippen molar-refractivity contribution >= 4 is 23.6 Å². The fourth-order valence-corrected chi connectivity index (χ4v) is 6.24. The van der Waals surface area contributed by atoms with Crippen LogP contribution >= 0.6 is 11.8 Å². The zero-order chi connectivity index (χ0) is 32.3. The lowest BCUT2D eigenvalue weighted by atomic mass is 9.99. The van der Waals surface area contributed by atoms with E-state index in [1.807, 2.05) is 72.8 Å². The second-order valence-corrected chi connectivity index (χ2v) is 12.3. The summed E-state index contributed by atoms with van der Waals surface area (Å²) < 4.78 is 13.9. The van der Waals surface area contributed by atoms with E-state index in [4.69, 9.17) is 14.6 Å². The van der Waals surface area contributed by atoms with Crippen LogP contribution in [0.4, 0.5) is 0 Å². The molecule has 0 saturated carbocycles. The second kappa shape index (κ2) is 16.4. The number of nitrogens with one attached hydrogen (secondary N) is 1. The number of thioether (sulfide) groups is 1. The van der Waals surface area contributed by atoms with E-state index < -0.39 is 12.3 Å². The SMILES string of the molecule is O=C(O)CCCCC(=O)NCc1cccc(-c2cccc([C@@H]3O[C@H](CSc4cccc[n+]4[O-])C[C@H](c4ccc(CO)cc4)O3)c2)c1. The molecule has 1 aliphatic heterocycles. The van der Waals surface area contributed by atoms with E-state index in [-0.39, 0.29) is 31.1 Å². The molecular formula is C36H38N2O7S. The second-order valence-electron chi connectivity index (χ2n) is 11.2. The van der Waals surface area contributed by atoms with Crippen LogP contribution < -0.4 is 10.0 Å². The predicted molar refractivity (Wildman–Crippen MR) is 174 cm³/mol. The van der Waals surface area contributed by atoms with E-state index in [1.54, 1.807) is 12.1 Å². The van der Waals surface area contributed by atoms with Gasteiger partial charge in [-0.15, -0.1) is 0 Å². The molecule has 9 nitrogen and oxygen atoms in total. The minimum Gasteiger partial charge on any atom is -0.618 e. The van der Waals surface area contributed by atoms with Gasteiger partial charge in [-0.05, 0) is 58.9 Å². The summed E-state index contributed by atoms with van der Waals surface area (Å²) in [4.78, 5) is 22.9. The van der Waals surface area contributed by atoms with E-state index in [2.05, 4.69) is 11.4 Å². The number of carboxylic acid groups (broad SMARTS) is 1. The molecule has 3 atom stereocenters. The number of carbonyl (C=O) groups excluding carboxylic acids is 1. The molecule has 2 heterocycles. The Morgan fingerprint density at radius 2 is 1.63 bits per heavy atom. The van der Waals surface area contributed by atoms with E-state index in [0.717, 1.165) is 38.1 Å². The van der Waals surface area contributed by atoms with Crippen molar-refractivity contribution in [2.45, 2.75) is 68.8 Å². The molecule has 0 aliphatic carbocycles. The maximum absolute atomic E-state index is 12.3. The quantitative estimate of drug-likeness (QED) is 0.0653. The zero-order valence-corrected chi connectivity index (χ0v) is 26.2. The number of aliphatic hydroxyl groups is 1. The highest BCUT2D eigenvalue weighted by molar-refractivity contribution is 7.99. The van der Waals surface area contributed by atoms with Gasteiger partial charge in [0, 0.05) is 49.3 Å². The van der Waals surface area contributed by atoms with Crippen molar-refractivity contribution in [1.82, 2.24) is 5.32 Å². The van der Waals surface area contributed by atoms with Gasteiger partial charge in [-0.25, -0.2) is 0 Å². The molecule has 1 saturated heterocycles. The fourth-order valence-electron chi connectivity index (χ4n) is 5.30. The molecule has 240 valence electrons. The Labute approximate surface area is 272 Å². The van der Waals surface area contributed by atoms with Gasteiger partial charge in [0.05, 0.1) is 18.8 Å². The minimum atomic E-state index is -0.851. The first-order chi connectivity index (χ1) is 22.4. The van der Waals surface area contributed by atoms with Crippen LogP contribution in [-0.4, -0.2) is 33.9 Å². The molecule has 1 aromatic heterocycles. The number of nitrogens with zero attached hydrogens (tertiary/aromatic N) is 1. The standard InChI is InChI=1S/C36H38N2O7S/c39-23-25-14-16-27(17-15-25)32-21-31(24-46-34-12-3-4-18-38(34)43)44-36(45-32)30-10-6-9-29(20-30)28-8-5-7-26(19-28)22-37-33(40)11-1-2-13-35(41)42/h3-10,12,14-20,31-32,36,39H,1-2,11,13,21-24H2,(H,37,40)(H,41,42)/t31-,32+,36+/m0/s1. The summed E-state index contributed by atoms with van der Waals surface area (Å²) in [5.74, 6) is -0.379. The highest BCUT2D eigenvalue weighted by Crippen LogP contribution is 2.40. The van der Waals surface area contributed by atoms with Crippen molar-refractivity contribution in [3.63, 3.8) is 0 Å². The summed E-state index contributed by atoms with van der Waals surface area (Å²) in [5.41, 5.74) is 5.59. The highest BCUT2D eigenvalue weighted by atomic mass is 32.2. The maximum Gasteiger partial charge on any atom is 0.303 e. The first kappa shape index (κ1) is 33.2. The summed E-state index contributed by atoms with van der Waals surface area (Å²) >= 11 is 1.45. The number of aliphatic hydroxyl groups excluding tert-OH is 1. The van der Waals surface area contributed by atoms with E-state index >= 15 is 0 Å². The molecule has 0 unspecified atom stereocenters. The number of carbonyl (C=O) groups is 2. The summed E-state index contributed by atoms with van der Waals surface area (Å²) in [7, 11) is 0. The van der Waals surface area contributed by atoms with Crippen LogP contribution in [0.2, 0.25) is 0 Å². The predicted octanol–water partition coefficient (Wildman–Crippen LogP) is 6.08. The smallest absolute Gasteiger partial charge is 0.303 e. The first-order valence-electron chi connectivity index (χ1n) is 15.4. The number of hydrogen-bond donors (Lipinski definition) is 3. The molecule has 1 fully saturated rings. The number of aromatic nitrogens is 1. The average molecular weight is 643 g/mol. The van der Waals surface area contributed by atoms with Crippen LogP contribution in [0, 0.1) is 5.21 Å². The molecular weight excluding hydrogens is 604 g/mol. The maximum atomic E-state index is 12.3. The zero-order valence-electron chi connectivity index (χ0n) is 25.4. The third-order valence-corrected chi connectivity index (χ3v) is 8.92. The van der Waals surface area contributed by atoms with Gasteiger partial charge in [0.1, 0.15) is 0 Å². The summed E-state index contributed by atoms with van der Waals surface area (Å²) in [5, 5.41) is 34.0. The highest BCUT2D eigenvalue weighted by Gasteiger charge is 2.33. The number of amides is 1. The Kier molecular flexibility index (Phi) is 11.8. The van der Waals surface area contributed by atoms with E-state index in [0.29, 0.717) is 43.0 Å². The number of rotatable bonds is 14. The van der Waals surface area contributed by atoms with Crippen molar-refractivity contribution in [2.75, 3.05) is 5.75 Å². The molecule has 0 spiro atoms. The van der Waals surface area contributed by atoms with Gasteiger partial charge in [0.2, 0.25) is 5.91 Å².